The molecular weight excluding hydrogens is 362 g/mol. The van der Waals surface area contributed by atoms with Crippen LogP contribution in [0.2, 0.25) is 0 Å². The molecule has 1 N–H and O–H groups in total. The highest BCUT2D eigenvalue weighted by Crippen LogP contribution is 2.69. The molecule has 0 radical (unpaired) electrons. The molecule has 7 heteroatoms. The molecule has 0 saturated heterocycles. The number of nitrogens with one attached hydrogen (secondary N) is 1. The quantitative estimate of drug-likeness (QED) is 0.736. The maximum Gasteiger partial charge on any atom is 0.250 e. The van der Waals surface area contributed by atoms with Gasteiger partial charge in [-0.2, -0.15) is 5.10 Å². The van der Waals surface area contributed by atoms with Crippen molar-refractivity contribution in [2.24, 2.45) is 5.41 Å². The minimum Gasteiger partial charge on any atom is -0.313 e. The van der Waals surface area contributed by atoms with Gasteiger partial charge in [0.2, 0.25) is 0 Å². The van der Waals surface area contributed by atoms with E-state index < -0.39 is 17.0 Å². The first-order valence-corrected chi connectivity index (χ1v) is 9.24. The summed E-state index contributed by atoms with van der Waals surface area (Å²) in [5.74, 6) is -1.18. The highest BCUT2D eigenvalue weighted by Gasteiger charge is 2.65. The lowest BCUT2D eigenvalue weighted by molar-refractivity contribution is 0.242. The molecule has 2 aliphatic carbocycles. The van der Waals surface area contributed by atoms with Gasteiger partial charge >= 0.3 is 0 Å². The van der Waals surface area contributed by atoms with E-state index in [1.54, 1.807) is 6.07 Å². The minimum absolute atomic E-state index is 0.146. The zero-order chi connectivity index (χ0) is 19.7. The monoisotopic (exact) mass is 380 g/mol. The van der Waals surface area contributed by atoms with Gasteiger partial charge in [0.1, 0.15) is 11.6 Å². The summed E-state index contributed by atoms with van der Waals surface area (Å²) in [5.41, 5.74) is 1.37. The Morgan fingerprint density at radius 2 is 1.89 bits per heavy atom. The molecule has 0 spiro atoms. The Balaban J connectivity index is 1.75. The maximum absolute atomic E-state index is 14.3. The fourth-order valence-electron chi connectivity index (χ4n) is 5.36. The van der Waals surface area contributed by atoms with Crippen LogP contribution >= 0.6 is 0 Å². The average Bonchev–Trinajstić information content (AvgIpc) is 3.03. The SMILES string of the molecule is CC1(C)[C@H]2CC[C@]1(c1cc(=O)[nH]cn1)c1nnc(-c3c(F)cccc3F)cc12. The molecule has 1 fully saturated rings. The first-order chi connectivity index (χ1) is 13.4. The van der Waals surface area contributed by atoms with Crippen LogP contribution in [0.1, 0.15) is 49.6 Å². The van der Waals surface area contributed by atoms with Gasteiger partial charge in [-0.15, -0.1) is 5.10 Å². The highest BCUT2D eigenvalue weighted by atomic mass is 19.1. The lowest BCUT2D eigenvalue weighted by atomic mass is 9.66. The smallest absolute Gasteiger partial charge is 0.250 e. The van der Waals surface area contributed by atoms with Crippen LogP contribution in [0.4, 0.5) is 8.78 Å². The zero-order valence-electron chi connectivity index (χ0n) is 15.5. The van der Waals surface area contributed by atoms with E-state index in [0.717, 1.165) is 24.1 Å². The number of fused-ring (bicyclic) bond motifs is 5. The van der Waals surface area contributed by atoms with Gasteiger partial charge in [0.05, 0.1) is 34.4 Å². The van der Waals surface area contributed by atoms with E-state index in [4.69, 9.17) is 0 Å². The van der Waals surface area contributed by atoms with Gasteiger partial charge in [0.15, 0.2) is 0 Å². The van der Waals surface area contributed by atoms with Crippen LogP contribution in [0, 0.1) is 17.0 Å². The molecule has 2 bridgehead atoms. The van der Waals surface area contributed by atoms with Crippen LogP contribution < -0.4 is 5.56 Å². The molecular formula is C21H18F2N4O. The molecule has 142 valence electrons. The topological polar surface area (TPSA) is 71.5 Å². The van der Waals surface area contributed by atoms with Crippen molar-refractivity contribution in [1.82, 2.24) is 20.2 Å². The third-order valence-electron chi connectivity index (χ3n) is 6.72. The third-order valence-corrected chi connectivity index (χ3v) is 6.72. The summed E-state index contributed by atoms with van der Waals surface area (Å²) in [6.45, 7) is 4.27. The van der Waals surface area contributed by atoms with Crippen molar-refractivity contribution in [1.29, 1.82) is 0 Å². The standard InChI is InChI=1S/C21H18F2N4O/c1-20(2)12-6-7-21(20,16-9-17(28)25-10-24-16)19-11(12)8-15(26-27-19)18-13(22)4-3-5-14(18)23/h3-5,8-10,12H,6-7H2,1-2H3,(H,24,25,28)/t12-,21-/m0/s1. The van der Waals surface area contributed by atoms with E-state index in [0.29, 0.717) is 5.69 Å². The molecule has 2 atom stereocenters. The number of rotatable bonds is 2. The Labute approximate surface area is 159 Å². The van der Waals surface area contributed by atoms with Gasteiger partial charge in [0, 0.05) is 6.07 Å². The van der Waals surface area contributed by atoms with Crippen molar-refractivity contribution >= 4 is 0 Å². The number of aromatic amines is 1. The Kier molecular flexibility index (Phi) is 3.39. The van der Waals surface area contributed by atoms with Crippen molar-refractivity contribution in [3.05, 3.63) is 75.6 Å². The second-order valence-electron chi connectivity index (χ2n) is 8.14. The number of aromatic nitrogens is 4. The molecule has 5 rings (SSSR count). The molecule has 0 aliphatic heterocycles. The number of hydrogen-bond acceptors (Lipinski definition) is 4. The van der Waals surface area contributed by atoms with Crippen molar-refractivity contribution in [3.63, 3.8) is 0 Å². The number of H-pyrrole nitrogens is 1. The Morgan fingerprint density at radius 3 is 2.61 bits per heavy atom. The molecule has 5 nitrogen and oxygen atoms in total. The molecule has 0 unspecified atom stereocenters. The summed E-state index contributed by atoms with van der Waals surface area (Å²) >= 11 is 0. The summed E-state index contributed by atoms with van der Waals surface area (Å²) in [6, 6.07) is 7.03. The Morgan fingerprint density at radius 1 is 1.14 bits per heavy atom. The Bertz CT molecular complexity index is 1150. The van der Waals surface area contributed by atoms with E-state index in [-0.39, 0.29) is 28.1 Å². The number of halogens is 2. The maximum atomic E-state index is 14.3. The minimum atomic E-state index is -0.664. The number of nitrogens with zero attached hydrogens (tertiary/aromatic N) is 3. The fraction of sp³-hybridized carbons (Fsp3) is 0.333. The predicted octanol–water partition coefficient (Wildman–Crippen LogP) is 3.71. The second-order valence-corrected chi connectivity index (χ2v) is 8.14. The number of hydrogen-bond donors (Lipinski definition) is 1. The van der Waals surface area contributed by atoms with E-state index in [9.17, 15) is 13.6 Å². The van der Waals surface area contributed by atoms with Crippen LogP contribution in [-0.2, 0) is 5.41 Å². The summed E-state index contributed by atoms with van der Waals surface area (Å²) in [5, 5.41) is 8.61. The van der Waals surface area contributed by atoms with Crippen LogP contribution in [0.15, 0.2) is 41.5 Å². The zero-order valence-corrected chi connectivity index (χ0v) is 15.5. The Hall–Kier alpha value is -2.96. The summed E-state index contributed by atoms with van der Waals surface area (Å²) in [6.07, 6.45) is 3.10. The molecule has 28 heavy (non-hydrogen) atoms. The van der Waals surface area contributed by atoms with Crippen LogP contribution in [-0.4, -0.2) is 20.2 Å². The van der Waals surface area contributed by atoms with Crippen molar-refractivity contribution in [3.8, 4) is 11.3 Å². The fourth-order valence-corrected chi connectivity index (χ4v) is 5.36. The van der Waals surface area contributed by atoms with Gasteiger partial charge in [-0.25, -0.2) is 13.8 Å². The molecule has 2 heterocycles. The summed E-state index contributed by atoms with van der Waals surface area (Å²) < 4.78 is 28.5. The van der Waals surface area contributed by atoms with E-state index in [2.05, 4.69) is 34.0 Å². The average molecular weight is 380 g/mol. The first kappa shape index (κ1) is 17.2. The lowest BCUT2D eigenvalue weighted by Crippen LogP contribution is -2.38. The highest BCUT2D eigenvalue weighted by molar-refractivity contribution is 5.64. The van der Waals surface area contributed by atoms with Crippen LogP contribution in [0.5, 0.6) is 0 Å². The van der Waals surface area contributed by atoms with Crippen molar-refractivity contribution < 1.29 is 8.78 Å². The van der Waals surface area contributed by atoms with Gasteiger partial charge in [-0.1, -0.05) is 19.9 Å². The number of benzene rings is 1. The van der Waals surface area contributed by atoms with Crippen LogP contribution in [0.3, 0.4) is 0 Å². The summed E-state index contributed by atoms with van der Waals surface area (Å²) in [4.78, 5) is 19.0. The summed E-state index contributed by atoms with van der Waals surface area (Å²) in [7, 11) is 0. The normalized spacial score (nSPS) is 24.4. The molecule has 3 aromatic rings. The van der Waals surface area contributed by atoms with Gasteiger partial charge in [0.25, 0.3) is 5.56 Å². The molecule has 0 amide bonds. The first-order valence-electron chi connectivity index (χ1n) is 9.24. The molecule has 1 saturated carbocycles. The van der Waals surface area contributed by atoms with E-state index in [1.807, 2.05) is 0 Å². The van der Waals surface area contributed by atoms with Gasteiger partial charge < -0.3 is 4.98 Å². The third kappa shape index (κ3) is 1.99. The van der Waals surface area contributed by atoms with Gasteiger partial charge in [-0.3, -0.25) is 4.79 Å². The van der Waals surface area contributed by atoms with Crippen molar-refractivity contribution in [2.75, 3.05) is 0 Å². The lowest BCUT2D eigenvalue weighted by Gasteiger charge is -2.37. The van der Waals surface area contributed by atoms with Crippen LogP contribution in [0.25, 0.3) is 11.3 Å². The molecule has 1 aromatic carbocycles. The molecule has 2 aliphatic rings. The molecule has 2 aromatic heterocycles. The van der Waals surface area contributed by atoms with Crippen molar-refractivity contribution in [2.45, 2.75) is 38.0 Å². The predicted molar refractivity (Wildman–Crippen MR) is 98.8 cm³/mol. The van der Waals surface area contributed by atoms with E-state index >= 15 is 0 Å². The van der Waals surface area contributed by atoms with E-state index in [1.165, 1.54) is 30.6 Å². The van der Waals surface area contributed by atoms with Gasteiger partial charge in [-0.05, 0) is 47.9 Å². The largest absolute Gasteiger partial charge is 0.313 e. The second kappa shape index (κ2) is 5.53.